The molecule has 0 aliphatic heterocycles. The SMILES string of the molecule is CCCCNC(=O)[C@H](Cc1ccccc1)N(Cc1ccccc1F)C(=O)CN(c1ccc(Cl)c(Cl)c1)S(C)(=O)=O. The fourth-order valence-electron chi connectivity index (χ4n) is 4.12. The average Bonchev–Trinajstić information content (AvgIpc) is 2.91. The Bertz CT molecular complexity index is 1420. The molecule has 1 N–H and O–H groups in total. The maximum absolute atomic E-state index is 14.8. The smallest absolute Gasteiger partial charge is 0.244 e. The van der Waals surface area contributed by atoms with Crippen LogP contribution in [-0.4, -0.2) is 50.5 Å². The molecule has 0 radical (unpaired) electrons. The van der Waals surface area contributed by atoms with Crippen molar-refractivity contribution in [1.29, 1.82) is 0 Å². The molecule has 0 aromatic heterocycles. The van der Waals surface area contributed by atoms with E-state index in [9.17, 15) is 22.4 Å². The Morgan fingerprint density at radius 2 is 1.65 bits per heavy atom. The van der Waals surface area contributed by atoms with Gasteiger partial charge in [-0.05, 0) is 36.2 Å². The Labute approximate surface area is 244 Å². The molecule has 214 valence electrons. The molecule has 0 heterocycles. The van der Waals surface area contributed by atoms with Crippen LogP contribution in [0, 0.1) is 5.82 Å². The van der Waals surface area contributed by atoms with E-state index in [0.29, 0.717) is 6.54 Å². The van der Waals surface area contributed by atoms with Gasteiger partial charge in [-0.1, -0.05) is 85.1 Å². The van der Waals surface area contributed by atoms with Crippen LogP contribution in [0.25, 0.3) is 0 Å². The van der Waals surface area contributed by atoms with E-state index in [0.717, 1.165) is 29.0 Å². The monoisotopic (exact) mass is 607 g/mol. The molecule has 1 atom stereocenters. The summed E-state index contributed by atoms with van der Waals surface area (Å²) in [6, 6.07) is 18.3. The lowest BCUT2D eigenvalue weighted by Crippen LogP contribution is -2.53. The minimum atomic E-state index is -3.97. The highest BCUT2D eigenvalue weighted by Crippen LogP contribution is 2.29. The van der Waals surface area contributed by atoms with Crippen LogP contribution in [0.4, 0.5) is 10.1 Å². The number of sulfonamides is 1. The van der Waals surface area contributed by atoms with E-state index in [1.54, 1.807) is 6.07 Å². The van der Waals surface area contributed by atoms with Gasteiger partial charge in [-0.2, -0.15) is 0 Å². The Kier molecular flexibility index (Phi) is 11.4. The topological polar surface area (TPSA) is 86.8 Å². The van der Waals surface area contributed by atoms with E-state index in [1.807, 2.05) is 37.3 Å². The molecular formula is C29H32Cl2FN3O4S. The largest absolute Gasteiger partial charge is 0.354 e. The van der Waals surface area contributed by atoms with Crippen molar-refractivity contribution in [3.63, 3.8) is 0 Å². The van der Waals surface area contributed by atoms with Crippen LogP contribution in [0.5, 0.6) is 0 Å². The summed E-state index contributed by atoms with van der Waals surface area (Å²) in [4.78, 5) is 28.7. The summed E-state index contributed by atoms with van der Waals surface area (Å²) in [5, 5.41) is 3.21. The number of hydrogen-bond donors (Lipinski definition) is 1. The Morgan fingerprint density at radius 1 is 0.975 bits per heavy atom. The van der Waals surface area contributed by atoms with Gasteiger partial charge in [0, 0.05) is 25.1 Å². The molecule has 7 nitrogen and oxygen atoms in total. The number of halogens is 3. The number of nitrogens with one attached hydrogen (secondary N) is 1. The van der Waals surface area contributed by atoms with Crippen LogP contribution in [0.15, 0.2) is 72.8 Å². The summed E-state index contributed by atoms with van der Waals surface area (Å²) in [6.45, 7) is 1.51. The fraction of sp³-hybridized carbons (Fsp3) is 0.310. The van der Waals surface area contributed by atoms with Crippen molar-refractivity contribution in [2.24, 2.45) is 0 Å². The standard InChI is InChI=1S/C29H32Cl2FN3O4S/c1-3-4-16-33-29(37)27(17-21-10-6-5-7-11-21)34(19-22-12-8-9-13-26(22)32)28(36)20-35(40(2,38)39)23-14-15-24(30)25(31)18-23/h5-15,18,27H,3-4,16-17,19-20H2,1-2H3,(H,33,37)/t27-/m0/s1. The molecule has 0 saturated carbocycles. The molecule has 2 amide bonds. The van der Waals surface area contributed by atoms with Crippen LogP contribution in [0.2, 0.25) is 10.0 Å². The summed E-state index contributed by atoms with van der Waals surface area (Å²) >= 11 is 12.1. The van der Waals surface area contributed by atoms with E-state index >= 15 is 0 Å². The van der Waals surface area contributed by atoms with Gasteiger partial charge in [-0.3, -0.25) is 13.9 Å². The second-order valence-electron chi connectivity index (χ2n) is 9.33. The highest BCUT2D eigenvalue weighted by atomic mass is 35.5. The van der Waals surface area contributed by atoms with Crippen molar-refractivity contribution in [2.75, 3.05) is 23.7 Å². The van der Waals surface area contributed by atoms with Gasteiger partial charge in [0.25, 0.3) is 0 Å². The molecule has 3 aromatic rings. The molecule has 0 bridgehead atoms. The third-order valence-corrected chi connectivity index (χ3v) is 8.15. The normalized spacial score (nSPS) is 12.0. The van der Waals surface area contributed by atoms with E-state index in [-0.39, 0.29) is 34.3 Å². The van der Waals surface area contributed by atoms with Crippen LogP contribution in [0.3, 0.4) is 0 Å². The van der Waals surface area contributed by atoms with E-state index < -0.39 is 40.2 Å². The van der Waals surface area contributed by atoms with Gasteiger partial charge >= 0.3 is 0 Å². The van der Waals surface area contributed by atoms with Gasteiger partial charge in [0.1, 0.15) is 18.4 Å². The van der Waals surface area contributed by atoms with Crippen LogP contribution < -0.4 is 9.62 Å². The average molecular weight is 609 g/mol. The number of nitrogens with zero attached hydrogens (tertiary/aromatic N) is 2. The number of benzene rings is 3. The highest BCUT2D eigenvalue weighted by Gasteiger charge is 2.33. The quantitative estimate of drug-likeness (QED) is 0.262. The maximum Gasteiger partial charge on any atom is 0.244 e. The second kappa shape index (κ2) is 14.5. The minimum Gasteiger partial charge on any atom is -0.354 e. The molecule has 3 aromatic carbocycles. The van der Waals surface area contributed by atoms with Gasteiger partial charge in [0.15, 0.2) is 0 Å². The van der Waals surface area contributed by atoms with Gasteiger partial charge in [0.2, 0.25) is 21.8 Å². The highest BCUT2D eigenvalue weighted by molar-refractivity contribution is 7.92. The van der Waals surface area contributed by atoms with Crippen molar-refractivity contribution in [3.05, 3.63) is 99.8 Å². The molecule has 11 heteroatoms. The molecule has 0 saturated heterocycles. The first-order chi connectivity index (χ1) is 19.0. The summed E-state index contributed by atoms with van der Waals surface area (Å²) in [5.74, 6) is -1.65. The lowest BCUT2D eigenvalue weighted by atomic mass is 10.0. The minimum absolute atomic E-state index is 0.112. The second-order valence-corrected chi connectivity index (χ2v) is 12.1. The fourth-order valence-corrected chi connectivity index (χ4v) is 5.26. The predicted octanol–water partition coefficient (Wildman–Crippen LogP) is 5.45. The first-order valence-electron chi connectivity index (χ1n) is 12.8. The van der Waals surface area contributed by atoms with Crippen LogP contribution in [-0.2, 0) is 32.6 Å². The zero-order valence-corrected chi connectivity index (χ0v) is 24.6. The maximum atomic E-state index is 14.8. The predicted molar refractivity (Wildman–Crippen MR) is 157 cm³/mol. The molecule has 0 unspecified atom stereocenters. The number of carbonyl (C=O) groups is 2. The van der Waals surface area contributed by atoms with Crippen molar-refractivity contribution in [1.82, 2.24) is 10.2 Å². The Morgan fingerprint density at radius 3 is 2.27 bits per heavy atom. The molecule has 0 spiro atoms. The number of hydrogen-bond acceptors (Lipinski definition) is 4. The van der Waals surface area contributed by atoms with Crippen molar-refractivity contribution in [2.45, 2.75) is 38.8 Å². The summed E-state index contributed by atoms with van der Waals surface area (Å²) < 4.78 is 41.3. The number of unbranched alkanes of at least 4 members (excludes halogenated alkanes) is 1. The number of rotatable bonds is 13. The lowest BCUT2D eigenvalue weighted by Gasteiger charge is -2.33. The number of carbonyl (C=O) groups excluding carboxylic acids is 2. The Balaban J connectivity index is 2.05. The van der Waals surface area contributed by atoms with E-state index in [4.69, 9.17) is 23.2 Å². The number of anilines is 1. The molecule has 0 aliphatic carbocycles. The molecule has 0 aliphatic rings. The van der Waals surface area contributed by atoms with Gasteiger partial charge in [0.05, 0.1) is 22.0 Å². The molecular weight excluding hydrogens is 576 g/mol. The van der Waals surface area contributed by atoms with Crippen LogP contribution >= 0.6 is 23.2 Å². The van der Waals surface area contributed by atoms with E-state index in [2.05, 4.69) is 5.32 Å². The lowest BCUT2D eigenvalue weighted by molar-refractivity contribution is -0.140. The molecule has 40 heavy (non-hydrogen) atoms. The molecule has 0 fully saturated rings. The zero-order chi connectivity index (χ0) is 29.3. The summed E-state index contributed by atoms with van der Waals surface area (Å²) in [5.41, 5.74) is 1.10. The Hall–Kier alpha value is -3.14. The molecule has 3 rings (SSSR count). The van der Waals surface area contributed by atoms with Crippen LogP contribution in [0.1, 0.15) is 30.9 Å². The van der Waals surface area contributed by atoms with Gasteiger partial charge < -0.3 is 10.2 Å². The summed E-state index contributed by atoms with van der Waals surface area (Å²) in [7, 11) is -3.97. The van der Waals surface area contributed by atoms with Gasteiger partial charge in [-0.15, -0.1) is 0 Å². The zero-order valence-electron chi connectivity index (χ0n) is 22.3. The number of amides is 2. The van der Waals surface area contributed by atoms with Crippen molar-refractivity contribution in [3.8, 4) is 0 Å². The van der Waals surface area contributed by atoms with Crippen molar-refractivity contribution < 1.29 is 22.4 Å². The van der Waals surface area contributed by atoms with Crippen molar-refractivity contribution >= 4 is 50.7 Å². The first kappa shape index (κ1) is 31.4. The third kappa shape index (κ3) is 8.68. The van der Waals surface area contributed by atoms with E-state index in [1.165, 1.54) is 41.3 Å². The first-order valence-corrected chi connectivity index (χ1v) is 15.4. The third-order valence-electron chi connectivity index (χ3n) is 6.27. The van der Waals surface area contributed by atoms with Gasteiger partial charge in [-0.25, -0.2) is 12.8 Å². The summed E-state index contributed by atoms with van der Waals surface area (Å²) in [6.07, 6.45) is 2.70.